The molecule has 0 spiro atoms. The summed E-state index contributed by atoms with van der Waals surface area (Å²) in [5.41, 5.74) is 3.44. The molecule has 0 saturated carbocycles. The summed E-state index contributed by atoms with van der Waals surface area (Å²) in [6, 6.07) is 12.6. The molecule has 0 amide bonds. The van der Waals surface area contributed by atoms with E-state index in [4.69, 9.17) is 9.47 Å². The molecule has 10 heteroatoms. The Labute approximate surface area is 186 Å². The van der Waals surface area contributed by atoms with Gasteiger partial charge in [0.1, 0.15) is 12.4 Å². The van der Waals surface area contributed by atoms with Crippen LogP contribution in [0.25, 0.3) is 0 Å². The molecule has 0 aliphatic carbocycles. The van der Waals surface area contributed by atoms with Crippen molar-refractivity contribution in [2.24, 2.45) is 5.10 Å². The molecule has 8 nitrogen and oxygen atoms in total. The van der Waals surface area contributed by atoms with E-state index in [1.54, 1.807) is 30.3 Å². The number of rotatable bonds is 9. The van der Waals surface area contributed by atoms with Crippen molar-refractivity contribution in [2.75, 3.05) is 12.0 Å². The molecular formula is C21H18BrFN4O4. The van der Waals surface area contributed by atoms with Crippen LogP contribution in [-0.4, -0.2) is 22.7 Å². The molecule has 0 aliphatic heterocycles. The summed E-state index contributed by atoms with van der Waals surface area (Å²) < 4.78 is 25.9. The number of halogens is 2. The Balaban J connectivity index is 1.79. The Kier molecular flexibility index (Phi) is 7.50. The third-order valence-corrected chi connectivity index (χ3v) is 4.62. The van der Waals surface area contributed by atoms with Crippen molar-refractivity contribution in [3.05, 3.63) is 86.3 Å². The molecule has 1 heterocycles. The zero-order valence-electron chi connectivity index (χ0n) is 16.4. The van der Waals surface area contributed by atoms with Crippen LogP contribution in [-0.2, 0) is 6.61 Å². The average molecular weight is 489 g/mol. The number of pyridine rings is 1. The van der Waals surface area contributed by atoms with Gasteiger partial charge >= 0.3 is 5.69 Å². The predicted octanol–water partition coefficient (Wildman–Crippen LogP) is 5.32. The summed E-state index contributed by atoms with van der Waals surface area (Å²) in [5.74, 6) is 0.543. The number of nitro groups is 1. The van der Waals surface area contributed by atoms with Crippen molar-refractivity contribution >= 4 is 33.6 Å². The fourth-order valence-electron chi connectivity index (χ4n) is 2.63. The van der Waals surface area contributed by atoms with Crippen LogP contribution in [0.3, 0.4) is 0 Å². The van der Waals surface area contributed by atoms with E-state index in [0.29, 0.717) is 33.7 Å². The lowest BCUT2D eigenvalue weighted by Gasteiger charge is -2.15. The van der Waals surface area contributed by atoms with Gasteiger partial charge < -0.3 is 9.47 Å². The number of hydrogen-bond donors (Lipinski definition) is 1. The highest BCUT2D eigenvalue weighted by molar-refractivity contribution is 9.10. The second kappa shape index (κ2) is 10.5. The molecule has 0 bridgehead atoms. The number of ether oxygens (including phenoxy) is 2. The lowest BCUT2D eigenvalue weighted by molar-refractivity contribution is -0.384. The zero-order valence-corrected chi connectivity index (χ0v) is 18.0. The minimum Gasteiger partial charge on any atom is -0.490 e. The van der Waals surface area contributed by atoms with E-state index in [0.717, 1.165) is 0 Å². The third kappa shape index (κ3) is 5.76. The first-order valence-electron chi connectivity index (χ1n) is 9.20. The normalized spacial score (nSPS) is 10.8. The van der Waals surface area contributed by atoms with E-state index in [1.165, 1.54) is 30.6 Å². The second-order valence-corrected chi connectivity index (χ2v) is 7.00. The summed E-state index contributed by atoms with van der Waals surface area (Å²) in [6.45, 7) is 2.25. The molecule has 1 N–H and O–H groups in total. The Hall–Kier alpha value is -3.53. The van der Waals surface area contributed by atoms with Crippen molar-refractivity contribution in [1.82, 2.24) is 4.98 Å². The van der Waals surface area contributed by atoms with Crippen molar-refractivity contribution in [2.45, 2.75) is 13.5 Å². The minimum atomic E-state index is -0.545. The van der Waals surface area contributed by atoms with Crippen molar-refractivity contribution in [1.29, 1.82) is 0 Å². The van der Waals surface area contributed by atoms with Gasteiger partial charge in [0.15, 0.2) is 11.5 Å². The molecule has 1 aromatic heterocycles. The molecule has 0 radical (unpaired) electrons. The molecule has 0 aliphatic rings. The lowest BCUT2D eigenvalue weighted by Crippen LogP contribution is -2.03. The van der Waals surface area contributed by atoms with Crippen LogP contribution in [0.5, 0.6) is 11.5 Å². The molecule has 2 aromatic carbocycles. The Morgan fingerprint density at radius 3 is 2.81 bits per heavy atom. The molecular weight excluding hydrogens is 471 g/mol. The van der Waals surface area contributed by atoms with Crippen LogP contribution in [0.15, 0.2) is 64.3 Å². The molecule has 3 rings (SSSR count). The highest BCUT2D eigenvalue weighted by Crippen LogP contribution is 2.37. The maximum Gasteiger partial charge on any atom is 0.313 e. The monoisotopic (exact) mass is 488 g/mol. The second-order valence-electron chi connectivity index (χ2n) is 6.14. The zero-order chi connectivity index (χ0) is 22.2. The van der Waals surface area contributed by atoms with Crippen LogP contribution >= 0.6 is 15.9 Å². The average Bonchev–Trinajstić information content (AvgIpc) is 2.75. The summed E-state index contributed by atoms with van der Waals surface area (Å²) >= 11 is 3.45. The fraction of sp³-hybridized carbons (Fsp3) is 0.143. The van der Waals surface area contributed by atoms with E-state index in [1.807, 2.05) is 6.92 Å². The van der Waals surface area contributed by atoms with Crippen molar-refractivity contribution < 1.29 is 18.8 Å². The van der Waals surface area contributed by atoms with Gasteiger partial charge in [-0.3, -0.25) is 15.5 Å². The van der Waals surface area contributed by atoms with Gasteiger partial charge in [-0.15, -0.1) is 0 Å². The van der Waals surface area contributed by atoms with Gasteiger partial charge in [0.2, 0.25) is 5.82 Å². The van der Waals surface area contributed by atoms with Gasteiger partial charge in [-0.1, -0.05) is 18.2 Å². The fourth-order valence-corrected chi connectivity index (χ4v) is 3.20. The summed E-state index contributed by atoms with van der Waals surface area (Å²) in [7, 11) is 0. The number of hydrogen-bond acceptors (Lipinski definition) is 7. The largest absolute Gasteiger partial charge is 0.490 e. The number of benzene rings is 2. The summed E-state index contributed by atoms with van der Waals surface area (Å²) in [6.07, 6.45) is 2.89. The highest BCUT2D eigenvalue weighted by Gasteiger charge is 2.15. The Morgan fingerprint density at radius 1 is 1.26 bits per heavy atom. The standard InChI is InChI=1S/C21H18BrFN4O4/c1-2-30-19-11-14(12-25-26-21-18(27(28)29)8-5-9-24-21)10-16(22)20(19)31-13-15-6-3-4-7-17(15)23/h3-12H,2,13H2,1H3,(H,24,26)/b25-12-. The van der Waals surface area contributed by atoms with Crippen LogP contribution in [0.1, 0.15) is 18.1 Å². The Bertz CT molecular complexity index is 1110. The van der Waals surface area contributed by atoms with Crippen LogP contribution < -0.4 is 14.9 Å². The number of nitrogens with one attached hydrogen (secondary N) is 1. The molecule has 0 saturated heterocycles. The quantitative estimate of drug-likeness (QED) is 0.248. The maximum atomic E-state index is 13.9. The number of hydrazone groups is 1. The number of nitrogens with zero attached hydrogens (tertiary/aromatic N) is 3. The third-order valence-electron chi connectivity index (χ3n) is 4.03. The maximum absolute atomic E-state index is 13.9. The lowest BCUT2D eigenvalue weighted by atomic mass is 10.2. The van der Waals surface area contributed by atoms with E-state index < -0.39 is 4.92 Å². The molecule has 0 atom stereocenters. The smallest absolute Gasteiger partial charge is 0.313 e. The van der Waals surface area contributed by atoms with Gasteiger partial charge in [0.05, 0.1) is 22.2 Å². The van der Waals surface area contributed by atoms with Gasteiger partial charge in [-0.05, 0) is 52.7 Å². The van der Waals surface area contributed by atoms with Crippen LogP contribution in [0.2, 0.25) is 0 Å². The number of aromatic nitrogens is 1. The van der Waals surface area contributed by atoms with E-state index in [9.17, 15) is 14.5 Å². The molecule has 0 unspecified atom stereocenters. The molecule has 3 aromatic rings. The summed E-state index contributed by atoms with van der Waals surface area (Å²) in [5, 5.41) is 15.1. The molecule has 31 heavy (non-hydrogen) atoms. The van der Waals surface area contributed by atoms with Gasteiger partial charge in [0, 0.05) is 17.8 Å². The highest BCUT2D eigenvalue weighted by atomic mass is 79.9. The van der Waals surface area contributed by atoms with Crippen LogP contribution in [0, 0.1) is 15.9 Å². The van der Waals surface area contributed by atoms with Gasteiger partial charge in [-0.25, -0.2) is 9.37 Å². The van der Waals surface area contributed by atoms with E-state index in [-0.39, 0.29) is 23.9 Å². The topological polar surface area (TPSA) is 98.9 Å². The van der Waals surface area contributed by atoms with E-state index in [2.05, 4.69) is 31.4 Å². The first-order valence-corrected chi connectivity index (χ1v) is 10.00. The Morgan fingerprint density at radius 2 is 2.06 bits per heavy atom. The van der Waals surface area contributed by atoms with Gasteiger partial charge in [0.25, 0.3) is 0 Å². The first-order chi connectivity index (χ1) is 15.0. The van der Waals surface area contributed by atoms with Crippen LogP contribution in [0.4, 0.5) is 15.9 Å². The van der Waals surface area contributed by atoms with Gasteiger partial charge in [-0.2, -0.15) is 5.10 Å². The summed E-state index contributed by atoms with van der Waals surface area (Å²) in [4.78, 5) is 14.4. The SMILES string of the molecule is CCOc1cc(/C=N\Nc2ncccc2[N+](=O)[O-])cc(Br)c1OCc1ccccc1F. The molecule has 160 valence electrons. The van der Waals surface area contributed by atoms with E-state index >= 15 is 0 Å². The number of anilines is 1. The minimum absolute atomic E-state index is 0.0256. The van der Waals surface area contributed by atoms with Crippen molar-refractivity contribution in [3.63, 3.8) is 0 Å². The van der Waals surface area contributed by atoms with Crippen molar-refractivity contribution in [3.8, 4) is 11.5 Å². The first kappa shape index (κ1) is 22.2. The molecule has 0 fully saturated rings. The predicted molar refractivity (Wildman–Crippen MR) is 118 cm³/mol.